The van der Waals surface area contributed by atoms with Gasteiger partial charge in [-0.15, -0.1) is 0 Å². The van der Waals surface area contributed by atoms with E-state index in [1.54, 1.807) is 6.20 Å². The minimum absolute atomic E-state index is 0.0463. The van der Waals surface area contributed by atoms with E-state index in [1.165, 1.54) is 0 Å². The molecular weight excluding hydrogens is 380 g/mol. The second-order valence-electron chi connectivity index (χ2n) is 8.11. The van der Waals surface area contributed by atoms with Crippen LogP contribution in [0.25, 0.3) is 0 Å². The molecule has 0 spiro atoms. The van der Waals surface area contributed by atoms with E-state index in [-0.39, 0.29) is 17.0 Å². The summed E-state index contributed by atoms with van der Waals surface area (Å²) >= 11 is 0. The van der Waals surface area contributed by atoms with Crippen molar-refractivity contribution in [1.29, 1.82) is 0 Å². The number of aromatic nitrogens is 3. The van der Waals surface area contributed by atoms with Crippen LogP contribution in [-0.2, 0) is 34.2 Å². The smallest absolute Gasteiger partial charge is 0.227 e. The Kier molecular flexibility index (Phi) is 5.57. The molecule has 4 rings (SSSR count). The fraction of sp³-hybridized carbons (Fsp3) is 0.684. The predicted octanol–water partition coefficient (Wildman–Crippen LogP) is 2.17. The van der Waals surface area contributed by atoms with Gasteiger partial charge in [0.1, 0.15) is 0 Å². The molecule has 1 unspecified atom stereocenters. The monoisotopic (exact) mass is 408 g/mol. The summed E-state index contributed by atoms with van der Waals surface area (Å²) in [5, 5.41) is 4.11. The number of nitrogens with zero attached hydrogens (tertiary/aromatic N) is 4. The molecule has 154 valence electrons. The lowest BCUT2D eigenvalue weighted by Crippen LogP contribution is -2.25. The molecular formula is C19H28N4O4S. The zero-order valence-corrected chi connectivity index (χ0v) is 17.3. The Morgan fingerprint density at radius 3 is 2.75 bits per heavy atom. The van der Waals surface area contributed by atoms with E-state index in [0.717, 1.165) is 49.4 Å². The molecule has 2 aromatic rings. The van der Waals surface area contributed by atoms with Gasteiger partial charge < -0.3 is 13.8 Å². The highest BCUT2D eigenvalue weighted by Gasteiger charge is 2.33. The molecule has 0 N–H and O–H groups in total. The fourth-order valence-electron chi connectivity index (χ4n) is 3.71. The van der Waals surface area contributed by atoms with E-state index in [1.807, 2.05) is 24.6 Å². The van der Waals surface area contributed by atoms with Crippen LogP contribution < -0.4 is 0 Å². The van der Waals surface area contributed by atoms with Crippen LogP contribution in [0.2, 0.25) is 0 Å². The molecule has 1 aliphatic carbocycles. The molecule has 1 aliphatic heterocycles. The largest absolute Gasteiger partial charge is 0.376 e. The topological polar surface area (TPSA) is 90.5 Å². The third-order valence-electron chi connectivity index (χ3n) is 5.28. The molecule has 28 heavy (non-hydrogen) atoms. The number of sulfone groups is 1. The molecule has 2 aliphatic rings. The van der Waals surface area contributed by atoms with Gasteiger partial charge in [-0.2, -0.15) is 0 Å². The molecule has 9 heteroatoms. The minimum Gasteiger partial charge on any atom is -0.376 e. The zero-order chi connectivity index (χ0) is 19.7. The molecule has 1 saturated heterocycles. The van der Waals surface area contributed by atoms with E-state index in [9.17, 15) is 8.42 Å². The van der Waals surface area contributed by atoms with Crippen LogP contribution in [-0.4, -0.2) is 53.5 Å². The molecule has 1 saturated carbocycles. The van der Waals surface area contributed by atoms with Gasteiger partial charge in [-0.25, -0.2) is 13.4 Å². The molecule has 0 bridgehead atoms. The van der Waals surface area contributed by atoms with E-state index >= 15 is 0 Å². The van der Waals surface area contributed by atoms with Crippen molar-refractivity contribution in [1.82, 2.24) is 19.6 Å². The Labute approximate surface area is 165 Å². The summed E-state index contributed by atoms with van der Waals surface area (Å²) in [5.41, 5.74) is 1.73. The van der Waals surface area contributed by atoms with Crippen molar-refractivity contribution in [2.24, 2.45) is 5.92 Å². The number of aryl methyl sites for hydroxylation is 1. The molecule has 2 aromatic heterocycles. The van der Waals surface area contributed by atoms with Gasteiger partial charge in [-0.05, 0) is 45.6 Å². The first-order valence-electron chi connectivity index (χ1n) is 9.90. The van der Waals surface area contributed by atoms with Crippen LogP contribution in [0.4, 0.5) is 0 Å². The van der Waals surface area contributed by atoms with Crippen LogP contribution in [0, 0.1) is 12.8 Å². The third-order valence-corrected chi connectivity index (χ3v) is 7.07. The van der Waals surface area contributed by atoms with Crippen LogP contribution in [0.5, 0.6) is 0 Å². The SMILES string of the molecule is Cc1cc(CN(C)Cc2cnc(S(=O)(=O)CC3CC3)n2CC2CCCO2)on1. The van der Waals surface area contributed by atoms with Gasteiger partial charge in [0.2, 0.25) is 15.0 Å². The summed E-state index contributed by atoms with van der Waals surface area (Å²) in [6, 6.07) is 1.91. The van der Waals surface area contributed by atoms with Crippen LogP contribution in [0.15, 0.2) is 21.9 Å². The minimum atomic E-state index is -3.39. The van der Waals surface area contributed by atoms with E-state index in [4.69, 9.17) is 9.26 Å². The first-order valence-corrected chi connectivity index (χ1v) is 11.6. The van der Waals surface area contributed by atoms with Crippen molar-refractivity contribution in [3.05, 3.63) is 29.4 Å². The van der Waals surface area contributed by atoms with Crippen molar-refractivity contribution in [2.75, 3.05) is 19.4 Å². The van der Waals surface area contributed by atoms with Crippen molar-refractivity contribution >= 4 is 9.84 Å². The van der Waals surface area contributed by atoms with Gasteiger partial charge >= 0.3 is 0 Å². The first-order chi connectivity index (χ1) is 13.4. The maximum absolute atomic E-state index is 12.9. The lowest BCUT2D eigenvalue weighted by Gasteiger charge is -2.19. The Hall–Kier alpha value is -1.71. The molecule has 0 radical (unpaired) electrons. The van der Waals surface area contributed by atoms with Crippen LogP contribution in [0.1, 0.15) is 42.8 Å². The maximum Gasteiger partial charge on any atom is 0.227 e. The second kappa shape index (κ2) is 7.96. The third kappa shape index (κ3) is 4.64. The van der Waals surface area contributed by atoms with Gasteiger partial charge in [0, 0.05) is 19.2 Å². The highest BCUT2D eigenvalue weighted by Crippen LogP contribution is 2.32. The molecule has 2 fully saturated rings. The standard InChI is InChI=1S/C19H28N4O4S/c1-14-8-18(27-21-14)11-22(2)10-16-9-20-19(28(24,25)13-15-5-6-15)23(16)12-17-4-3-7-26-17/h8-9,15,17H,3-7,10-13H2,1-2H3. The van der Waals surface area contributed by atoms with Gasteiger partial charge in [0.25, 0.3) is 0 Å². The van der Waals surface area contributed by atoms with Crippen molar-refractivity contribution < 1.29 is 17.7 Å². The van der Waals surface area contributed by atoms with Gasteiger partial charge in [0.15, 0.2) is 5.76 Å². The Morgan fingerprint density at radius 1 is 1.29 bits per heavy atom. The summed E-state index contributed by atoms with van der Waals surface area (Å²) in [7, 11) is -1.42. The summed E-state index contributed by atoms with van der Waals surface area (Å²) < 4.78 is 38.7. The average molecular weight is 409 g/mol. The number of hydrogen-bond acceptors (Lipinski definition) is 7. The predicted molar refractivity (Wildman–Crippen MR) is 102 cm³/mol. The van der Waals surface area contributed by atoms with Crippen molar-refractivity contribution in [2.45, 2.75) is 63.5 Å². The summed E-state index contributed by atoms with van der Waals surface area (Å²) in [6.45, 7) is 4.32. The Bertz CT molecular complexity index is 910. The van der Waals surface area contributed by atoms with E-state index in [0.29, 0.717) is 25.6 Å². The normalized spacial score (nSPS) is 20.3. The molecule has 0 aromatic carbocycles. The lowest BCUT2D eigenvalue weighted by molar-refractivity contribution is 0.0933. The first kappa shape index (κ1) is 19.6. The van der Waals surface area contributed by atoms with E-state index in [2.05, 4.69) is 15.0 Å². The number of imidazole rings is 1. The number of hydrogen-bond donors (Lipinski definition) is 0. The summed E-state index contributed by atoms with van der Waals surface area (Å²) in [5.74, 6) is 1.27. The summed E-state index contributed by atoms with van der Waals surface area (Å²) in [6.07, 6.45) is 5.70. The highest BCUT2D eigenvalue weighted by molar-refractivity contribution is 7.91. The van der Waals surface area contributed by atoms with Gasteiger partial charge in [-0.1, -0.05) is 5.16 Å². The van der Waals surface area contributed by atoms with Crippen molar-refractivity contribution in [3.63, 3.8) is 0 Å². The fourth-order valence-corrected chi connectivity index (χ4v) is 5.56. The second-order valence-corrected chi connectivity index (χ2v) is 10.0. The summed E-state index contributed by atoms with van der Waals surface area (Å²) in [4.78, 5) is 6.40. The average Bonchev–Trinajstić information content (AvgIpc) is 3.01. The molecule has 3 heterocycles. The van der Waals surface area contributed by atoms with Crippen LogP contribution in [0.3, 0.4) is 0 Å². The molecule has 0 amide bonds. The van der Waals surface area contributed by atoms with Gasteiger partial charge in [-0.3, -0.25) is 4.90 Å². The van der Waals surface area contributed by atoms with Crippen LogP contribution >= 0.6 is 0 Å². The van der Waals surface area contributed by atoms with Crippen molar-refractivity contribution in [3.8, 4) is 0 Å². The Balaban J connectivity index is 1.54. The Morgan fingerprint density at radius 2 is 2.11 bits per heavy atom. The zero-order valence-electron chi connectivity index (χ0n) is 16.5. The number of ether oxygens (including phenoxy) is 1. The molecule has 8 nitrogen and oxygen atoms in total. The molecule has 1 atom stereocenters. The quantitative estimate of drug-likeness (QED) is 0.628. The lowest BCUT2D eigenvalue weighted by atomic mass is 10.2. The highest BCUT2D eigenvalue weighted by atomic mass is 32.2. The van der Waals surface area contributed by atoms with E-state index < -0.39 is 9.84 Å². The maximum atomic E-state index is 12.9. The van der Waals surface area contributed by atoms with Gasteiger partial charge in [0.05, 0.1) is 42.5 Å². The number of rotatable bonds is 9.